The first-order valence-electron chi connectivity index (χ1n) is 10.4. The van der Waals surface area contributed by atoms with Gasteiger partial charge in [0.1, 0.15) is 5.70 Å². The number of carboxylic acids is 1. The summed E-state index contributed by atoms with van der Waals surface area (Å²) in [5, 5.41) is 31.4. The Morgan fingerprint density at radius 3 is 2.59 bits per heavy atom. The summed E-state index contributed by atoms with van der Waals surface area (Å²) < 4.78 is 0. The number of amidine groups is 1. The summed E-state index contributed by atoms with van der Waals surface area (Å²) in [4.78, 5) is 28.6. The molecule has 0 aromatic carbocycles. The number of aliphatic hydroxyl groups is 1. The number of hydrogen-bond donors (Lipinski definition) is 4. The molecule has 4 N–H and O–H groups in total. The molecule has 0 radical (unpaired) electrons. The molecule has 1 amide bonds. The highest BCUT2D eigenvalue weighted by atomic mass is 32.2. The molecule has 1 saturated carbocycles. The van der Waals surface area contributed by atoms with E-state index >= 15 is 0 Å². The maximum atomic E-state index is 12.4. The van der Waals surface area contributed by atoms with E-state index in [1.165, 1.54) is 4.90 Å². The Labute approximate surface area is 175 Å². The average Bonchev–Trinajstić information content (AvgIpc) is 3.15. The van der Waals surface area contributed by atoms with Crippen molar-refractivity contribution in [3.8, 4) is 0 Å². The Kier molecular flexibility index (Phi) is 5.41. The van der Waals surface area contributed by atoms with Crippen LogP contribution < -0.4 is 5.32 Å². The van der Waals surface area contributed by atoms with Crippen LogP contribution in [0.2, 0.25) is 0 Å². The minimum absolute atomic E-state index is 0.0608. The summed E-state index contributed by atoms with van der Waals surface area (Å²) in [6.07, 6.45) is 2.24. The van der Waals surface area contributed by atoms with E-state index in [0.29, 0.717) is 23.2 Å². The van der Waals surface area contributed by atoms with Gasteiger partial charge in [-0.25, -0.2) is 4.79 Å². The van der Waals surface area contributed by atoms with Gasteiger partial charge in [0, 0.05) is 41.2 Å². The van der Waals surface area contributed by atoms with Crippen molar-refractivity contribution in [1.29, 1.82) is 5.41 Å². The van der Waals surface area contributed by atoms with E-state index in [1.807, 2.05) is 13.8 Å². The smallest absolute Gasteiger partial charge is 0.353 e. The monoisotopic (exact) mass is 422 g/mol. The first-order chi connectivity index (χ1) is 13.7. The first-order valence-corrected chi connectivity index (χ1v) is 11.3. The molecule has 8 nitrogen and oxygen atoms in total. The van der Waals surface area contributed by atoms with Crippen molar-refractivity contribution in [2.24, 2.45) is 11.8 Å². The van der Waals surface area contributed by atoms with Gasteiger partial charge in [-0.1, -0.05) is 6.92 Å². The largest absolute Gasteiger partial charge is 0.477 e. The number of β-lactam (4-membered cyclic amide) rings is 1. The number of nitrogens with zero attached hydrogens (tertiary/aromatic N) is 2. The number of thioether (sulfide) groups is 1. The van der Waals surface area contributed by atoms with E-state index in [-0.39, 0.29) is 23.6 Å². The van der Waals surface area contributed by atoms with Crippen LogP contribution in [0.1, 0.15) is 40.0 Å². The summed E-state index contributed by atoms with van der Waals surface area (Å²) in [5.41, 5.74) is 0.124. The van der Waals surface area contributed by atoms with Gasteiger partial charge in [0.15, 0.2) is 0 Å². The van der Waals surface area contributed by atoms with Crippen molar-refractivity contribution < 1.29 is 19.8 Å². The Balaban J connectivity index is 1.35. The quantitative estimate of drug-likeness (QED) is 0.287. The zero-order valence-corrected chi connectivity index (χ0v) is 17.9. The van der Waals surface area contributed by atoms with E-state index in [4.69, 9.17) is 5.41 Å². The van der Waals surface area contributed by atoms with Crippen LogP contribution in [-0.2, 0) is 9.59 Å². The maximum absolute atomic E-state index is 12.4. The average molecular weight is 423 g/mol. The van der Waals surface area contributed by atoms with Gasteiger partial charge >= 0.3 is 5.97 Å². The highest BCUT2D eigenvalue weighted by Crippen LogP contribution is 2.53. The van der Waals surface area contributed by atoms with Gasteiger partial charge in [-0.15, -0.1) is 11.8 Å². The van der Waals surface area contributed by atoms with E-state index in [0.717, 1.165) is 37.3 Å². The van der Waals surface area contributed by atoms with Gasteiger partial charge in [0.2, 0.25) is 5.91 Å². The minimum Gasteiger partial charge on any atom is -0.477 e. The molecule has 0 aromatic rings. The lowest BCUT2D eigenvalue weighted by molar-refractivity contribution is -0.163. The molecule has 4 rings (SSSR count). The number of amides is 1. The molecular formula is C20H30N4O4S. The predicted molar refractivity (Wildman–Crippen MR) is 111 cm³/mol. The number of carbonyl (C=O) groups is 2. The second kappa shape index (κ2) is 7.59. The number of carbonyl (C=O) groups excluding carboxylic acids is 1. The molecule has 2 saturated heterocycles. The van der Waals surface area contributed by atoms with E-state index in [9.17, 15) is 19.8 Å². The molecule has 1 aliphatic carbocycles. The van der Waals surface area contributed by atoms with E-state index in [2.05, 4.69) is 10.2 Å². The molecule has 160 valence electrons. The summed E-state index contributed by atoms with van der Waals surface area (Å²) >= 11 is 1.61. The van der Waals surface area contributed by atoms with Crippen molar-refractivity contribution in [1.82, 2.24) is 15.1 Å². The van der Waals surface area contributed by atoms with Gasteiger partial charge in [0.25, 0.3) is 0 Å². The highest BCUT2D eigenvalue weighted by Gasteiger charge is 2.60. The number of aliphatic carboxylic acids is 1. The second-order valence-electron chi connectivity index (χ2n) is 8.86. The fourth-order valence-corrected chi connectivity index (χ4v) is 6.86. The molecule has 3 heterocycles. The van der Waals surface area contributed by atoms with Crippen molar-refractivity contribution >= 4 is 29.5 Å². The molecule has 29 heavy (non-hydrogen) atoms. The van der Waals surface area contributed by atoms with E-state index in [1.54, 1.807) is 18.7 Å². The standard InChI is InChI=1S/C20H30N4O4S/c1-9-16-15(10(2)25)19(26)24(16)17(20(27)28)18(9)29-14-6-13(7-14)22-12-4-5-23(8-12)11(3)21/h9-10,12-16,21-22,25H,4-8H2,1-3H3,(H,27,28)/t9-,10-,12-,13?,14?,15-,16-/m1/s1. The lowest BCUT2D eigenvalue weighted by Gasteiger charge is -2.46. The zero-order chi connectivity index (χ0) is 21.0. The van der Waals surface area contributed by atoms with Crippen LogP contribution in [0.3, 0.4) is 0 Å². The Morgan fingerprint density at radius 1 is 1.34 bits per heavy atom. The van der Waals surface area contributed by atoms with Crippen LogP contribution in [0.25, 0.3) is 0 Å². The number of hydrogen-bond acceptors (Lipinski definition) is 6. The Bertz CT molecular complexity index is 764. The fourth-order valence-electron chi connectivity index (χ4n) is 5.19. The van der Waals surface area contributed by atoms with Crippen LogP contribution >= 0.6 is 11.8 Å². The molecule has 5 atom stereocenters. The van der Waals surface area contributed by atoms with Gasteiger partial charge < -0.3 is 25.3 Å². The molecule has 3 fully saturated rings. The second-order valence-corrected chi connectivity index (χ2v) is 10.2. The number of fused-ring (bicyclic) bond motifs is 1. The summed E-state index contributed by atoms with van der Waals surface area (Å²) in [7, 11) is 0. The maximum Gasteiger partial charge on any atom is 0.353 e. The Morgan fingerprint density at radius 2 is 2.03 bits per heavy atom. The number of likely N-dealkylation sites (tertiary alicyclic amines) is 1. The van der Waals surface area contributed by atoms with Crippen LogP contribution in [-0.4, -0.2) is 80.3 Å². The van der Waals surface area contributed by atoms with Gasteiger partial charge in [0.05, 0.1) is 23.9 Å². The lowest BCUT2D eigenvalue weighted by Crippen LogP contribution is -2.63. The molecule has 9 heteroatoms. The molecule has 0 spiro atoms. The fraction of sp³-hybridized carbons (Fsp3) is 0.750. The number of carboxylic acid groups (broad SMARTS) is 1. The molecule has 0 unspecified atom stereocenters. The zero-order valence-electron chi connectivity index (χ0n) is 17.1. The predicted octanol–water partition coefficient (Wildman–Crippen LogP) is 1.07. The molecule has 0 bridgehead atoms. The number of rotatable bonds is 6. The summed E-state index contributed by atoms with van der Waals surface area (Å²) in [6.45, 7) is 7.21. The molecule has 0 aromatic heterocycles. The van der Waals surface area contributed by atoms with Crippen LogP contribution in [0.4, 0.5) is 0 Å². The number of nitrogens with one attached hydrogen (secondary N) is 2. The topological polar surface area (TPSA) is 117 Å². The third kappa shape index (κ3) is 3.47. The summed E-state index contributed by atoms with van der Waals surface area (Å²) in [6, 6.07) is 0.605. The highest BCUT2D eigenvalue weighted by molar-refractivity contribution is 8.03. The van der Waals surface area contributed by atoms with Crippen LogP contribution in [0.5, 0.6) is 0 Å². The van der Waals surface area contributed by atoms with Crippen LogP contribution in [0.15, 0.2) is 10.6 Å². The van der Waals surface area contributed by atoms with Crippen molar-refractivity contribution in [2.75, 3.05) is 13.1 Å². The van der Waals surface area contributed by atoms with Crippen molar-refractivity contribution in [3.63, 3.8) is 0 Å². The normalized spacial score (nSPS) is 37.3. The third-order valence-corrected chi connectivity index (χ3v) is 8.37. The van der Waals surface area contributed by atoms with Crippen molar-refractivity contribution in [2.45, 2.75) is 69.5 Å². The molecule has 4 aliphatic rings. The Hall–Kier alpha value is -1.58. The summed E-state index contributed by atoms with van der Waals surface area (Å²) in [5.74, 6) is -1.27. The van der Waals surface area contributed by atoms with Crippen molar-refractivity contribution in [3.05, 3.63) is 10.6 Å². The SMILES string of the molecule is CC(=N)N1CC[C@@H](NC2CC(SC3=C(C(=O)O)N4C(=O)[C@H]([C@@H](C)O)[C@H]4[C@H]3C)C2)C1. The first kappa shape index (κ1) is 20.7. The lowest BCUT2D eigenvalue weighted by atomic mass is 9.79. The van der Waals surface area contributed by atoms with Gasteiger partial charge in [-0.3, -0.25) is 10.2 Å². The number of aliphatic hydroxyl groups excluding tert-OH is 1. The third-order valence-electron chi connectivity index (χ3n) is 6.83. The molecular weight excluding hydrogens is 392 g/mol. The molecule has 3 aliphatic heterocycles. The van der Waals surface area contributed by atoms with Crippen LogP contribution in [0, 0.1) is 17.2 Å². The van der Waals surface area contributed by atoms with Gasteiger partial charge in [-0.05, 0) is 33.1 Å². The van der Waals surface area contributed by atoms with Gasteiger partial charge in [-0.2, -0.15) is 0 Å². The minimum atomic E-state index is -1.05. The van der Waals surface area contributed by atoms with E-state index < -0.39 is 18.0 Å².